The highest BCUT2D eigenvalue weighted by Gasteiger charge is 2.10. The Morgan fingerprint density at radius 2 is 2.21 bits per heavy atom. The van der Waals surface area contributed by atoms with E-state index < -0.39 is 0 Å². The van der Waals surface area contributed by atoms with E-state index in [0.717, 1.165) is 10.9 Å². The van der Waals surface area contributed by atoms with Crippen LogP contribution in [0.2, 0.25) is 0 Å². The van der Waals surface area contributed by atoms with E-state index in [1.807, 2.05) is 18.2 Å². The predicted octanol–water partition coefficient (Wildman–Crippen LogP) is 2.27. The lowest BCUT2D eigenvalue weighted by Gasteiger charge is -2.00. The van der Waals surface area contributed by atoms with Crippen molar-refractivity contribution in [2.45, 2.75) is 6.54 Å². The van der Waals surface area contributed by atoms with Crippen molar-refractivity contribution in [1.29, 1.82) is 0 Å². The first-order valence-electron chi connectivity index (χ1n) is 5.92. The van der Waals surface area contributed by atoms with Crippen LogP contribution in [-0.4, -0.2) is 10.9 Å². The minimum Gasteiger partial charge on any atom is -0.467 e. The second-order valence-corrected chi connectivity index (χ2v) is 4.26. The molecule has 0 fully saturated rings. The van der Waals surface area contributed by atoms with Gasteiger partial charge in [0.25, 0.3) is 5.91 Å². The number of furan rings is 1. The second-order valence-electron chi connectivity index (χ2n) is 4.26. The molecule has 0 spiro atoms. The van der Waals surface area contributed by atoms with Gasteiger partial charge in [0.1, 0.15) is 11.5 Å². The quantitative estimate of drug-likeness (QED) is 0.628. The number of rotatable bonds is 3. The number of hydrogen-bond donors (Lipinski definition) is 3. The third-order valence-electron chi connectivity index (χ3n) is 2.94. The number of para-hydroxylation sites is 1. The topological polar surface area (TPSA) is 84.1 Å². The Hall–Kier alpha value is -2.69. The lowest BCUT2D eigenvalue weighted by atomic mass is 10.2. The molecular formula is C14H13N3O2. The zero-order chi connectivity index (χ0) is 13.2. The number of amides is 1. The van der Waals surface area contributed by atoms with E-state index in [2.05, 4.69) is 10.3 Å². The zero-order valence-corrected chi connectivity index (χ0v) is 10.1. The van der Waals surface area contributed by atoms with Crippen molar-refractivity contribution in [3.8, 4) is 0 Å². The van der Waals surface area contributed by atoms with Gasteiger partial charge in [0.2, 0.25) is 0 Å². The van der Waals surface area contributed by atoms with Crippen LogP contribution in [0.3, 0.4) is 0 Å². The third-order valence-corrected chi connectivity index (χ3v) is 2.94. The summed E-state index contributed by atoms with van der Waals surface area (Å²) in [7, 11) is 0. The fraction of sp³-hybridized carbons (Fsp3) is 0.0714. The Balaban J connectivity index is 1.80. The van der Waals surface area contributed by atoms with Gasteiger partial charge < -0.3 is 20.5 Å². The molecule has 96 valence electrons. The number of carbonyl (C=O) groups is 1. The van der Waals surface area contributed by atoms with Crippen molar-refractivity contribution < 1.29 is 9.21 Å². The summed E-state index contributed by atoms with van der Waals surface area (Å²) < 4.78 is 5.15. The molecule has 0 radical (unpaired) electrons. The summed E-state index contributed by atoms with van der Waals surface area (Å²) in [6.07, 6.45) is 1.57. The number of fused-ring (bicyclic) bond motifs is 1. The molecule has 0 aliphatic carbocycles. The highest BCUT2D eigenvalue weighted by molar-refractivity contribution is 6.00. The molecule has 0 atom stereocenters. The largest absolute Gasteiger partial charge is 0.467 e. The number of carbonyl (C=O) groups excluding carboxylic acids is 1. The van der Waals surface area contributed by atoms with Crippen molar-refractivity contribution >= 4 is 22.5 Å². The first kappa shape index (κ1) is 11.4. The first-order valence-corrected chi connectivity index (χ1v) is 5.92. The molecule has 1 aromatic carbocycles. The highest BCUT2D eigenvalue weighted by Crippen LogP contribution is 2.21. The molecule has 3 aromatic rings. The van der Waals surface area contributed by atoms with Gasteiger partial charge in [-0.05, 0) is 24.3 Å². The minimum atomic E-state index is -0.188. The summed E-state index contributed by atoms with van der Waals surface area (Å²) in [5, 5.41) is 3.70. The molecular weight excluding hydrogens is 242 g/mol. The van der Waals surface area contributed by atoms with E-state index in [1.165, 1.54) is 0 Å². The molecule has 2 heterocycles. The van der Waals surface area contributed by atoms with Gasteiger partial charge in [-0.3, -0.25) is 4.79 Å². The SMILES string of the molecule is Nc1cccc2cc(C(=O)NCc3ccco3)[nH]c12. The normalized spacial score (nSPS) is 10.7. The number of aromatic nitrogens is 1. The average Bonchev–Trinajstić information content (AvgIpc) is 3.05. The molecule has 0 aliphatic heterocycles. The van der Waals surface area contributed by atoms with Gasteiger partial charge in [-0.1, -0.05) is 12.1 Å². The fourth-order valence-electron chi connectivity index (χ4n) is 1.98. The molecule has 0 aliphatic rings. The van der Waals surface area contributed by atoms with Gasteiger partial charge in [-0.25, -0.2) is 0 Å². The van der Waals surface area contributed by atoms with Gasteiger partial charge in [0, 0.05) is 5.39 Å². The van der Waals surface area contributed by atoms with Crippen molar-refractivity contribution in [2.75, 3.05) is 5.73 Å². The molecule has 0 saturated heterocycles. The second kappa shape index (κ2) is 4.53. The molecule has 3 rings (SSSR count). The van der Waals surface area contributed by atoms with Gasteiger partial charge >= 0.3 is 0 Å². The molecule has 0 saturated carbocycles. The van der Waals surface area contributed by atoms with Crippen LogP contribution in [0.4, 0.5) is 5.69 Å². The van der Waals surface area contributed by atoms with Crippen molar-refractivity contribution in [2.24, 2.45) is 0 Å². The van der Waals surface area contributed by atoms with Gasteiger partial charge in [0.05, 0.1) is 24.0 Å². The summed E-state index contributed by atoms with van der Waals surface area (Å²) >= 11 is 0. The summed E-state index contributed by atoms with van der Waals surface area (Å²) in [6.45, 7) is 0.358. The Morgan fingerprint density at radius 1 is 1.32 bits per heavy atom. The van der Waals surface area contributed by atoms with Crippen LogP contribution in [0.15, 0.2) is 47.1 Å². The summed E-state index contributed by atoms with van der Waals surface area (Å²) in [5.41, 5.74) is 7.74. The fourth-order valence-corrected chi connectivity index (χ4v) is 1.98. The monoisotopic (exact) mass is 255 g/mol. The minimum absolute atomic E-state index is 0.188. The molecule has 1 amide bonds. The van der Waals surface area contributed by atoms with E-state index in [4.69, 9.17) is 10.2 Å². The molecule has 5 heteroatoms. The van der Waals surface area contributed by atoms with Crippen LogP contribution < -0.4 is 11.1 Å². The maximum Gasteiger partial charge on any atom is 0.268 e. The third kappa shape index (κ3) is 2.18. The molecule has 5 nitrogen and oxygen atoms in total. The Kier molecular flexibility index (Phi) is 2.72. The van der Waals surface area contributed by atoms with E-state index >= 15 is 0 Å². The Morgan fingerprint density at radius 3 is 2.95 bits per heavy atom. The molecule has 19 heavy (non-hydrogen) atoms. The van der Waals surface area contributed by atoms with E-state index in [9.17, 15) is 4.79 Å². The summed E-state index contributed by atoms with van der Waals surface area (Å²) in [5.74, 6) is 0.524. The van der Waals surface area contributed by atoms with Gasteiger partial charge in [-0.2, -0.15) is 0 Å². The van der Waals surface area contributed by atoms with Crippen LogP contribution in [0.1, 0.15) is 16.2 Å². The van der Waals surface area contributed by atoms with Crippen LogP contribution in [-0.2, 0) is 6.54 Å². The number of hydrogen-bond acceptors (Lipinski definition) is 3. The number of H-pyrrole nitrogens is 1. The number of nitrogens with two attached hydrogens (primary N) is 1. The maximum absolute atomic E-state index is 12.0. The highest BCUT2D eigenvalue weighted by atomic mass is 16.3. The average molecular weight is 255 g/mol. The van der Waals surface area contributed by atoms with E-state index in [0.29, 0.717) is 23.7 Å². The molecule has 0 bridgehead atoms. The predicted molar refractivity (Wildman–Crippen MR) is 72.6 cm³/mol. The van der Waals surface area contributed by atoms with Crippen molar-refractivity contribution in [3.05, 3.63) is 54.1 Å². The van der Waals surface area contributed by atoms with Crippen LogP contribution in [0.5, 0.6) is 0 Å². The summed E-state index contributed by atoms with van der Waals surface area (Å²) in [4.78, 5) is 15.0. The number of aromatic amines is 1. The lowest BCUT2D eigenvalue weighted by molar-refractivity contribution is 0.0944. The standard InChI is InChI=1S/C14H13N3O2/c15-11-5-1-3-9-7-12(17-13(9)11)14(18)16-8-10-4-2-6-19-10/h1-7,17H,8,15H2,(H,16,18). The number of nitrogen functional groups attached to an aromatic ring is 1. The number of anilines is 1. The van der Waals surface area contributed by atoms with Crippen molar-refractivity contribution in [3.63, 3.8) is 0 Å². The Labute approximate surface area is 109 Å². The zero-order valence-electron chi connectivity index (χ0n) is 10.1. The van der Waals surface area contributed by atoms with Crippen LogP contribution >= 0.6 is 0 Å². The van der Waals surface area contributed by atoms with Crippen molar-refractivity contribution in [1.82, 2.24) is 10.3 Å². The molecule has 4 N–H and O–H groups in total. The molecule has 2 aromatic heterocycles. The Bertz CT molecular complexity index is 713. The number of benzene rings is 1. The maximum atomic E-state index is 12.0. The lowest BCUT2D eigenvalue weighted by Crippen LogP contribution is -2.22. The smallest absolute Gasteiger partial charge is 0.268 e. The van der Waals surface area contributed by atoms with Gasteiger partial charge in [0.15, 0.2) is 0 Å². The number of nitrogens with one attached hydrogen (secondary N) is 2. The van der Waals surface area contributed by atoms with Crippen LogP contribution in [0.25, 0.3) is 10.9 Å². The van der Waals surface area contributed by atoms with Gasteiger partial charge in [-0.15, -0.1) is 0 Å². The van der Waals surface area contributed by atoms with E-state index in [-0.39, 0.29) is 5.91 Å². The summed E-state index contributed by atoms with van der Waals surface area (Å²) in [6, 6.07) is 10.9. The van der Waals surface area contributed by atoms with E-state index in [1.54, 1.807) is 24.5 Å². The first-order chi connectivity index (χ1) is 9.24. The molecule has 0 unspecified atom stereocenters. The van der Waals surface area contributed by atoms with Crippen LogP contribution in [0, 0.1) is 0 Å².